The molecule has 20 heavy (non-hydrogen) atoms. The SMILES string of the molecule is CCc1nc(C)ccc1Oc1cc(C)ncc1C(=O)O. The Bertz CT molecular complexity index is 654. The van der Waals surface area contributed by atoms with Gasteiger partial charge in [-0.2, -0.15) is 0 Å². The van der Waals surface area contributed by atoms with Gasteiger partial charge in [-0.1, -0.05) is 6.92 Å². The number of hydrogen-bond acceptors (Lipinski definition) is 4. The van der Waals surface area contributed by atoms with Gasteiger partial charge in [-0.05, 0) is 32.4 Å². The molecule has 0 aromatic carbocycles. The van der Waals surface area contributed by atoms with Crippen molar-refractivity contribution in [3.05, 3.63) is 47.0 Å². The molecule has 0 unspecified atom stereocenters. The molecule has 0 aliphatic carbocycles. The van der Waals surface area contributed by atoms with Crippen molar-refractivity contribution >= 4 is 5.97 Å². The van der Waals surface area contributed by atoms with E-state index in [-0.39, 0.29) is 11.3 Å². The molecule has 0 atom stereocenters. The molecule has 2 heterocycles. The van der Waals surface area contributed by atoms with E-state index in [9.17, 15) is 4.79 Å². The molecule has 104 valence electrons. The lowest BCUT2D eigenvalue weighted by molar-refractivity contribution is 0.0693. The summed E-state index contributed by atoms with van der Waals surface area (Å²) in [4.78, 5) is 19.6. The lowest BCUT2D eigenvalue weighted by Gasteiger charge is -2.12. The maximum Gasteiger partial charge on any atom is 0.341 e. The summed E-state index contributed by atoms with van der Waals surface area (Å²) in [5, 5.41) is 9.17. The fourth-order valence-electron chi connectivity index (χ4n) is 1.84. The summed E-state index contributed by atoms with van der Waals surface area (Å²) in [5.74, 6) is -0.206. The molecule has 2 aromatic heterocycles. The van der Waals surface area contributed by atoms with E-state index in [1.807, 2.05) is 26.0 Å². The second kappa shape index (κ2) is 5.69. The Kier molecular flexibility index (Phi) is 3.98. The van der Waals surface area contributed by atoms with Crippen LogP contribution in [-0.2, 0) is 6.42 Å². The average Bonchev–Trinajstić information content (AvgIpc) is 2.40. The zero-order chi connectivity index (χ0) is 14.7. The van der Waals surface area contributed by atoms with Crippen LogP contribution >= 0.6 is 0 Å². The Labute approximate surface area is 117 Å². The van der Waals surface area contributed by atoms with E-state index >= 15 is 0 Å². The molecule has 0 amide bonds. The van der Waals surface area contributed by atoms with Crippen LogP contribution in [0.3, 0.4) is 0 Å². The number of nitrogens with zero attached hydrogens (tertiary/aromatic N) is 2. The van der Waals surface area contributed by atoms with Gasteiger partial charge in [-0.25, -0.2) is 4.79 Å². The van der Waals surface area contributed by atoms with Gasteiger partial charge in [0.25, 0.3) is 0 Å². The highest BCUT2D eigenvalue weighted by Crippen LogP contribution is 2.28. The fraction of sp³-hybridized carbons (Fsp3) is 0.267. The van der Waals surface area contributed by atoms with Gasteiger partial charge in [0.05, 0.1) is 5.69 Å². The average molecular weight is 272 g/mol. The van der Waals surface area contributed by atoms with E-state index in [1.165, 1.54) is 6.20 Å². The van der Waals surface area contributed by atoms with Crippen molar-refractivity contribution in [3.63, 3.8) is 0 Å². The summed E-state index contributed by atoms with van der Waals surface area (Å²) in [6, 6.07) is 5.26. The van der Waals surface area contributed by atoms with E-state index in [0.29, 0.717) is 17.9 Å². The highest BCUT2D eigenvalue weighted by Gasteiger charge is 2.15. The number of aryl methyl sites for hydroxylation is 3. The third kappa shape index (κ3) is 2.93. The first kappa shape index (κ1) is 14.0. The molecule has 0 saturated heterocycles. The van der Waals surface area contributed by atoms with Crippen molar-refractivity contribution in [1.82, 2.24) is 9.97 Å². The van der Waals surface area contributed by atoms with Crippen molar-refractivity contribution < 1.29 is 14.6 Å². The van der Waals surface area contributed by atoms with Crippen LogP contribution in [0.25, 0.3) is 0 Å². The number of carboxylic acids is 1. The molecule has 5 heteroatoms. The summed E-state index contributed by atoms with van der Waals surface area (Å²) < 4.78 is 5.75. The summed E-state index contributed by atoms with van der Waals surface area (Å²) in [6.07, 6.45) is 2.02. The first-order valence-electron chi connectivity index (χ1n) is 6.35. The second-order valence-corrected chi connectivity index (χ2v) is 4.48. The van der Waals surface area contributed by atoms with Gasteiger partial charge >= 0.3 is 5.97 Å². The van der Waals surface area contributed by atoms with Crippen LogP contribution in [0.5, 0.6) is 11.5 Å². The van der Waals surface area contributed by atoms with Crippen LogP contribution in [0.4, 0.5) is 0 Å². The molecule has 1 N–H and O–H groups in total. The van der Waals surface area contributed by atoms with Crippen LogP contribution in [0.2, 0.25) is 0 Å². The molecule has 0 bridgehead atoms. The number of aromatic carboxylic acids is 1. The fourth-order valence-corrected chi connectivity index (χ4v) is 1.84. The van der Waals surface area contributed by atoms with Gasteiger partial charge in [0, 0.05) is 23.7 Å². The highest BCUT2D eigenvalue weighted by molar-refractivity contribution is 5.90. The number of aromatic nitrogens is 2. The molecular weight excluding hydrogens is 256 g/mol. The third-order valence-corrected chi connectivity index (χ3v) is 2.86. The number of ether oxygens (including phenoxy) is 1. The largest absolute Gasteiger partial charge is 0.477 e. The normalized spacial score (nSPS) is 10.3. The molecule has 2 rings (SSSR count). The van der Waals surface area contributed by atoms with Gasteiger partial charge in [0.15, 0.2) is 0 Å². The lowest BCUT2D eigenvalue weighted by atomic mass is 10.2. The Balaban J connectivity index is 2.44. The zero-order valence-electron chi connectivity index (χ0n) is 11.7. The lowest BCUT2D eigenvalue weighted by Crippen LogP contribution is -2.03. The molecule has 2 aromatic rings. The van der Waals surface area contributed by atoms with E-state index in [4.69, 9.17) is 9.84 Å². The van der Waals surface area contributed by atoms with Crippen LogP contribution < -0.4 is 4.74 Å². The van der Waals surface area contributed by atoms with Crippen molar-refractivity contribution in [2.45, 2.75) is 27.2 Å². The van der Waals surface area contributed by atoms with Gasteiger partial charge in [0.1, 0.15) is 17.1 Å². The van der Waals surface area contributed by atoms with Gasteiger partial charge in [-0.3, -0.25) is 9.97 Å². The number of pyridine rings is 2. The van der Waals surface area contributed by atoms with E-state index in [1.54, 1.807) is 13.0 Å². The minimum Gasteiger partial charge on any atom is -0.477 e. The number of carbonyl (C=O) groups is 1. The summed E-state index contributed by atoms with van der Waals surface area (Å²) >= 11 is 0. The third-order valence-electron chi connectivity index (χ3n) is 2.86. The molecule has 0 spiro atoms. The summed E-state index contributed by atoms with van der Waals surface area (Å²) in [5.41, 5.74) is 2.44. The standard InChI is InChI=1S/C15H16N2O3/c1-4-12-13(6-5-9(2)17-12)20-14-7-10(3)16-8-11(14)15(18)19/h5-8H,4H2,1-3H3,(H,18,19). The van der Waals surface area contributed by atoms with Crippen LogP contribution in [0.15, 0.2) is 24.4 Å². The Morgan fingerprint density at radius 2 is 2.00 bits per heavy atom. The van der Waals surface area contributed by atoms with Gasteiger partial charge in [0.2, 0.25) is 0 Å². The number of rotatable bonds is 4. The minimum absolute atomic E-state index is 0.0400. The van der Waals surface area contributed by atoms with Crippen LogP contribution in [0, 0.1) is 13.8 Å². The maximum absolute atomic E-state index is 11.2. The summed E-state index contributed by atoms with van der Waals surface area (Å²) in [7, 11) is 0. The molecule has 0 aliphatic rings. The van der Waals surface area contributed by atoms with Gasteiger partial charge < -0.3 is 9.84 Å². The number of hydrogen-bond donors (Lipinski definition) is 1. The Morgan fingerprint density at radius 3 is 2.65 bits per heavy atom. The predicted molar refractivity (Wildman–Crippen MR) is 74.4 cm³/mol. The summed E-state index contributed by atoms with van der Waals surface area (Å²) in [6.45, 7) is 5.67. The Morgan fingerprint density at radius 1 is 1.25 bits per heavy atom. The van der Waals surface area contributed by atoms with Crippen LogP contribution in [-0.4, -0.2) is 21.0 Å². The molecule has 0 saturated carbocycles. The van der Waals surface area contributed by atoms with E-state index in [0.717, 1.165) is 11.4 Å². The van der Waals surface area contributed by atoms with Crippen molar-refractivity contribution in [1.29, 1.82) is 0 Å². The van der Waals surface area contributed by atoms with Crippen molar-refractivity contribution in [2.24, 2.45) is 0 Å². The topological polar surface area (TPSA) is 72.3 Å². The molecular formula is C15H16N2O3. The smallest absolute Gasteiger partial charge is 0.341 e. The second-order valence-electron chi connectivity index (χ2n) is 4.48. The molecule has 0 radical (unpaired) electrons. The molecule has 0 fully saturated rings. The monoisotopic (exact) mass is 272 g/mol. The maximum atomic E-state index is 11.2. The quantitative estimate of drug-likeness (QED) is 0.925. The van der Waals surface area contributed by atoms with Gasteiger partial charge in [-0.15, -0.1) is 0 Å². The van der Waals surface area contributed by atoms with Crippen LogP contribution in [0.1, 0.15) is 34.4 Å². The number of carboxylic acid groups (broad SMARTS) is 1. The Hall–Kier alpha value is -2.43. The highest BCUT2D eigenvalue weighted by atomic mass is 16.5. The first-order chi connectivity index (χ1) is 9.51. The van der Waals surface area contributed by atoms with E-state index < -0.39 is 5.97 Å². The first-order valence-corrected chi connectivity index (χ1v) is 6.35. The predicted octanol–water partition coefficient (Wildman–Crippen LogP) is 3.15. The van der Waals surface area contributed by atoms with Crippen molar-refractivity contribution in [3.8, 4) is 11.5 Å². The zero-order valence-corrected chi connectivity index (χ0v) is 11.7. The molecule has 0 aliphatic heterocycles. The van der Waals surface area contributed by atoms with E-state index in [2.05, 4.69) is 9.97 Å². The van der Waals surface area contributed by atoms with Crippen molar-refractivity contribution in [2.75, 3.05) is 0 Å². The molecule has 5 nitrogen and oxygen atoms in total. The minimum atomic E-state index is -1.06.